The second-order valence-electron chi connectivity index (χ2n) is 8.26. The predicted octanol–water partition coefficient (Wildman–Crippen LogP) is 3.17. The Morgan fingerprint density at radius 1 is 1.12 bits per heavy atom. The number of nitrogens with one attached hydrogen (secondary N) is 1. The van der Waals surface area contributed by atoms with Crippen LogP contribution in [0.25, 0.3) is 0 Å². The fraction of sp³-hybridized carbons (Fsp3) is 0.458. The van der Waals surface area contributed by atoms with Crippen LogP contribution < -0.4 is 15.8 Å². The zero-order valence-electron chi connectivity index (χ0n) is 19.4. The van der Waals surface area contributed by atoms with Gasteiger partial charge in [-0.25, -0.2) is 9.59 Å². The van der Waals surface area contributed by atoms with Gasteiger partial charge in [-0.2, -0.15) is 0 Å². The van der Waals surface area contributed by atoms with Crippen molar-refractivity contribution in [3.63, 3.8) is 0 Å². The molecule has 0 saturated carbocycles. The second kappa shape index (κ2) is 11.4. The lowest BCUT2D eigenvalue weighted by atomic mass is 10.0. The van der Waals surface area contributed by atoms with Crippen molar-refractivity contribution in [3.05, 3.63) is 52.8 Å². The number of methoxy groups -OCH3 is 1. The van der Waals surface area contributed by atoms with Gasteiger partial charge in [0.15, 0.2) is 6.61 Å². The van der Waals surface area contributed by atoms with E-state index in [-0.39, 0.29) is 11.7 Å². The summed E-state index contributed by atoms with van der Waals surface area (Å²) < 4.78 is 12.5. The minimum atomic E-state index is -0.878. The summed E-state index contributed by atoms with van der Waals surface area (Å²) in [5, 5.41) is 2.38. The first-order valence-corrected chi connectivity index (χ1v) is 10.7. The summed E-state index contributed by atoms with van der Waals surface area (Å²) in [4.78, 5) is 36.2. The van der Waals surface area contributed by atoms with E-state index < -0.39 is 24.6 Å². The van der Waals surface area contributed by atoms with Gasteiger partial charge in [0.05, 0.1) is 7.11 Å². The Labute approximate surface area is 189 Å². The molecule has 2 amide bonds. The molecule has 2 rings (SSSR count). The Morgan fingerprint density at radius 2 is 1.78 bits per heavy atom. The van der Waals surface area contributed by atoms with Crippen molar-refractivity contribution in [1.82, 2.24) is 9.88 Å². The molecule has 3 N–H and O–H groups in total. The SMILES string of the molecule is COc1ccc(CCn2c(C)cc(C(=O)COC(=O)C(CC(C)C)NC(N)=O)c2C)cc1. The van der Waals surface area contributed by atoms with E-state index in [1.807, 2.05) is 58.0 Å². The largest absolute Gasteiger partial charge is 0.497 e. The summed E-state index contributed by atoms with van der Waals surface area (Å²) >= 11 is 0. The van der Waals surface area contributed by atoms with Crippen molar-refractivity contribution in [2.24, 2.45) is 11.7 Å². The van der Waals surface area contributed by atoms with Gasteiger partial charge in [-0.3, -0.25) is 4.79 Å². The molecular weight excluding hydrogens is 410 g/mol. The standard InChI is InChI=1S/C24H33N3O5/c1-15(2)12-21(26-24(25)30)23(29)32-14-22(28)20-13-16(3)27(17(20)4)11-10-18-6-8-19(31-5)9-7-18/h6-9,13,15,21H,10-12,14H2,1-5H3,(H3,25,26,30). The average Bonchev–Trinajstić information content (AvgIpc) is 3.03. The lowest BCUT2D eigenvalue weighted by molar-refractivity contribution is -0.145. The third-order valence-electron chi connectivity index (χ3n) is 5.31. The smallest absolute Gasteiger partial charge is 0.329 e. The number of rotatable bonds is 11. The molecule has 1 atom stereocenters. The highest BCUT2D eigenvalue weighted by Gasteiger charge is 2.24. The number of urea groups is 1. The van der Waals surface area contributed by atoms with E-state index >= 15 is 0 Å². The number of carbonyl (C=O) groups is 3. The molecule has 0 radical (unpaired) electrons. The van der Waals surface area contributed by atoms with Gasteiger partial charge in [0, 0.05) is 23.5 Å². The van der Waals surface area contributed by atoms with Crippen LogP contribution in [0.3, 0.4) is 0 Å². The lowest BCUT2D eigenvalue weighted by Crippen LogP contribution is -2.45. The Kier molecular flexibility index (Phi) is 8.87. The fourth-order valence-corrected chi connectivity index (χ4v) is 3.63. The van der Waals surface area contributed by atoms with Crippen LogP contribution in [0.15, 0.2) is 30.3 Å². The van der Waals surface area contributed by atoms with Gasteiger partial charge in [0.2, 0.25) is 5.78 Å². The van der Waals surface area contributed by atoms with Crippen LogP contribution in [0.2, 0.25) is 0 Å². The highest BCUT2D eigenvalue weighted by molar-refractivity contribution is 5.99. The highest BCUT2D eigenvalue weighted by Crippen LogP contribution is 2.18. The molecule has 174 valence electrons. The van der Waals surface area contributed by atoms with Gasteiger partial charge in [0.25, 0.3) is 0 Å². The normalized spacial score (nSPS) is 11.8. The number of primary amides is 1. The number of ether oxygens (including phenoxy) is 2. The van der Waals surface area contributed by atoms with Gasteiger partial charge < -0.3 is 25.1 Å². The molecule has 0 aliphatic rings. The molecule has 0 spiro atoms. The van der Waals surface area contributed by atoms with Crippen molar-refractivity contribution < 1.29 is 23.9 Å². The number of aryl methyl sites for hydroxylation is 2. The summed E-state index contributed by atoms with van der Waals surface area (Å²) in [5.74, 6) is -0.00502. The Morgan fingerprint density at radius 3 is 2.34 bits per heavy atom. The van der Waals surface area contributed by atoms with Gasteiger partial charge in [-0.1, -0.05) is 26.0 Å². The first-order valence-electron chi connectivity index (χ1n) is 10.7. The number of aromatic nitrogens is 1. The van der Waals surface area contributed by atoms with E-state index in [1.54, 1.807) is 7.11 Å². The topological polar surface area (TPSA) is 113 Å². The Balaban J connectivity index is 2.01. The molecule has 0 aliphatic heterocycles. The predicted molar refractivity (Wildman–Crippen MR) is 122 cm³/mol. The lowest BCUT2D eigenvalue weighted by Gasteiger charge is -2.18. The molecule has 0 fully saturated rings. The summed E-state index contributed by atoms with van der Waals surface area (Å²) in [6, 6.07) is 8.02. The van der Waals surface area contributed by atoms with E-state index in [2.05, 4.69) is 9.88 Å². The molecule has 8 nitrogen and oxygen atoms in total. The molecular formula is C24H33N3O5. The number of esters is 1. The van der Waals surface area contributed by atoms with E-state index in [1.165, 1.54) is 5.56 Å². The number of hydrogen-bond donors (Lipinski definition) is 2. The number of carbonyl (C=O) groups excluding carboxylic acids is 3. The zero-order chi connectivity index (χ0) is 23.8. The molecule has 8 heteroatoms. The van der Waals surface area contributed by atoms with Crippen molar-refractivity contribution in [1.29, 1.82) is 0 Å². The van der Waals surface area contributed by atoms with Gasteiger partial charge in [-0.05, 0) is 56.4 Å². The number of benzene rings is 1. The van der Waals surface area contributed by atoms with E-state index in [9.17, 15) is 14.4 Å². The van der Waals surface area contributed by atoms with Crippen molar-refractivity contribution >= 4 is 17.8 Å². The summed E-state index contributed by atoms with van der Waals surface area (Å²) in [6.07, 6.45) is 1.18. The summed E-state index contributed by atoms with van der Waals surface area (Å²) in [6.45, 7) is 7.97. The minimum absolute atomic E-state index is 0.139. The molecule has 1 heterocycles. The zero-order valence-corrected chi connectivity index (χ0v) is 19.4. The summed E-state index contributed by atoms with van der Waals surface area (Å²) in [5.41, 5.74) is 8.61. The first kappa shape index (κ1) is 25.0. The molecule has 1 aromatic carbocycles. The fourth-order valence-electron chi connectivity index (χ4n) is 3.63. The molecule has 1 unspecified atom stereocenters. The molecule has 0 aliphatic carbocycles. The van der Waals surface area contributed by atoms with Crippen LogP contribution in [0.1, 0.15) is 47.6 Å². The van der Waals surface area contributed by atoms with Crippen LogP contribution >= 0.6 is 0 Å². The van der Waals surface area contributed by atoms with Crippen LogP contribution in [-0.2, 0) is 22.5 Å². The maximum atomic E-state index is 12.7. The van der Waals surface area contributed by atoms with Crippen LogP contribution in [0, 0.1) is 19.8 Å². The number of Topliss-reactive ketones (excluding diaryl/α,β-unsaturated/α-hetero) is 1. The monoisotopic (exact) mass is 443 g/mol. The van der Waals surface area contributed by atoms with Crippen LogP contribution in [0.5, 0.6) is 5.75 Å². The Bertz CT molecular complexity index is 947. The number of hydrogen-bond acceptors (Lipinski definition) is 5. The quantitative estimate of drug-likeness (QED) is 0.409. The molecule has 0 saturated heterocycles. The second-order valence-corrected chi connectivity index (χ2v) is 8.26. The minimum Gasteiger partial charge on any atom is -0.497 e. The Hall–Kier alpha value is -3.29. The number of nitrogens with zero attached hydrogens (tertiary/aromatic N) is 1. The molecule has 32 heavy (non-hydrogen) atoms. The molecule has 1 aromatic heterocycles. The van der Waals surface area contributed by atoms with Crippen molar-refractivity contribution in [2.75, 3.05) is 13.7 Å². The number of nitrogens with two attached hydrogens (primary N) is 1. The van der Waals surface area contributed by atoms with E-state index in [0.29, 0.717) is 12.0 Å². The van der Waals surface area contributed by atoms with Gasteiger partial charge in [0.1, 0.15) is 11.8 Å². The average molecular weight is 444 g/mol. The maximum absolute atomic E-state index is 12.7. The number of ketones is 1. The van der Waals surface area contributed by atoms with Crippen LogP contribution in [-0.4, -0.2) is 42.1 Å². The van der Waals surface area contributed by atoms with Gasteiger partial charge >= 0.3 is 12.0 Å². The van der Waals surface area contributed by atoms with Gasteiger partial charge in [-0.15, -0.1) is 0 Å². The third kappa shape index (κ3) is 6.87. The first-order chi connectivity index (χ1) is 15.1. The van der Waals surface area contributed by atoms with Crippen molar-refractivity contribution in [3.8, 4) is 5.75 Å². The third-order valence-corrected chi connectivity index (χ3v) is 5.31. The molecule has 0 bridgehead atoms. The molecule has 2 aromatic rings. The van der Waals surface area contributed by atoms with Crippen molar-refractivity contribution in [2.45, 2.75) is 53.1 Å². The van der Waals surface area contributed by atoms with E-state index in [0.717, 1.165) is 30.1 Å². The highest BCUT2D eigenvalue weighted by atomic mass is 16.5. The number of amides is 2. The summed E-state index contributed by atoms with van der Waals surface area (Å²) in [7, 11) is 1.64. The van der Waals surface area contributed by atoms with Crippen LogP contribution in [0.4, 0.5) is 4.79 Å². The van der Waals surface area contributed by atoms with E-state index in [4.69, 9.17) is 15.2 Å². The maximum Gasteiger partial charge on any atom is 0.329 e.